The van der Waals surface area contributed by atoms with Crippen LogP contribution in [0.15, 0.2) is 0 Å². The summed E-state index contributed by atoms with van der Waals surface area (Å²) < 4.78 is 5.66. The Morgan fingerprint density at radius 3 is 2.79 bits per heavy atom. The standard InChI is InChI=1S/C14H29N3O2/c1-6-14(3,4)16-13(18)11(2)17(5)10-12-9-15-7-8-19-12/h11-12,15H,6-10H2,1-5H3,(H,16,18). The van der Waals surface area contributed by atoms with E-state index >= 15 is 0 Å². The fourth-order valence-corrected chi connectivity index (χ4v) is 1.94. The van der Waals surface area contributed by atoms with Gasteiger partial charge in [-0.1, -0.05) is 6.92 Å². The Morgan fingerprint density at radius 1 is 1.58 bits per heavy atom. The zero-order valence-electron chi connectivity index (χ0n) is 13.0. The molecule has 1 aliphatic rings. The van der Waals surface area contributed by atoms with Crippen LogP contribution in [0, 0.1) is 0 Å². The lowest BCUT2D eigenvalue weighted by atomic mass is 10.0. The van der Waals surface area contributed by atoms with Gasteiger partial charge in [-0.2, -0.15) is 0 Å². The van der Waals surface area contributed by atoms with E-state index in [1.807, 2.05) is 27.8 Å². The first-order valence-electron chi connectivity index (χ1n) is 7.20. The first-order valence-corrected chi connectivity index (χ1v) is 7.20. The predicted molar refractivity (Wildman–Crippen MR) is 77.2 cm³/mol. The molecule has 0 spiro atoms. The van der Waals surface area contributed by atoms with Gasteiger partial charge in [0.1, 0.15) is 0 Å². The van der Waals surface area contributed by atoms with Crippen molar-refractivity contribution in [3.63, 3.8) is 0 Å². The minimum absolute atomic E-state index is 0.0816. The summed E-state index contributed by atoms with van der Waals surface area (Å²) in [6.45, 7) is 11.4. The van der Waals surface area contributed by atoms with Crippen LogP contribution in [0.25, 0.3) is 0 Å². The third-order valence-corrected chi connectivity index (χ3v) is 3.88. The molecule has 1 aliphatic heterocycles. The highest BCUT2D eigenvalue weighted by Crippen LogP contribution is 2.09. The molecule has 0 aromatic heterocycles. The van der Waals surface area contributed by atoms with E-state index in [9.17, 15) is 4.79 Å². The summed E-state index contributed by atoms with van der Waals surface area (Å²) in [4.78, 5) is 14.2. The number of hydrogen-bond acceptors (Lipinski definition) is 4. The molecule has 0 bridgehead atoms. The molecular formula is C14H29N3O2. The highest BCUT2D eigenvalue weighted by molar-refractivity contribution is 5.81. The van der Waals surface area contributed by atoms with Crippen molar-refractivity contribution >= 4 is 5.91 Å². The number of amides is 1. The van der Waals surface area contributed by atoms with Crippen molar-refractivity contribution < 1.29 is 9.53 Å². The van der Waals surface area contributed by atoms with E-state index in [2.05, 4.69) is 22.5 Å². The second-order valence-corrected chi connectivity index (χ2v) is 6.04. The molecule has 1 amide bonds. The highest BCUT2D eigenvalue weighted by Gasteiger charge is 2.26. The van der Waals surface area contributed by atoms with Crippen LogP contribution in [0.5, 0.6) is 0 Å². The normalized spacial score (nSPS) is 22.3. The molecule has 5 nitrogen and oxygen atoms in total. The Balaban J connectivity index is 2.42. The van der Waals surface area contributed by atoms with E-state index in [1.54, 1.807) is 0 Å². The molecule has 2 N–H and O–H groups in total. The topological polar surface area (TPSA) is 53.6 Å². The fourth-order valence-electron chi connectivity index (χ4n) is 1.94. The van der Waals surface area contributed by atoms with Gasteiger partial charge in [0, 0.05) is 25.2 Å². The van der Waals surface area contributed by atoms with E-state index in [-0.39, 0.29) is 23.6 Å². The van der Waals surface area contributed by atoms with E-state index in [0.717, 1.165) is 32.7 Å². The van der Waals surface area contributed by atoms with Gasteiger partial charge in [-0.3, -0.25) is 9.69 Å². The third-order valence-electron chi connectivity index (χ3n) is 3.88. The van der Waals surface area contributed by atoms with Crippen LogP contribution >= 0.6 is 0 Å². The molecule has 1 heterocycles. The van der Waals surface area contributed by atoms with Gasteiger partial charge in [-0.25, -0.2) is 0 Å². The number of carbonyl (C=O) groups is 1. The number of nitrogens with zero attached hydrogens (tertiary/aromatic N) is 1. The minimum atomic E-state index is -0.144. The summed E-state index contributed by atoms with van der Waals surface area (Å²) in [5.74, 6) is 0.0816. The molecule has 0 aromatic carbocycles. The van der Waals surface area contributed by atoms with Gasteiger partial charge < -0.3 is 15.4 Å². The molecule has 0 aliphatic carbocycles. The van der Waals surface area contributed by atoms with Crippen molar-refractivity contribution in [2.45, 2.75) is 51.8 Å². The molecule has 1 saturated heterocycles. The Morgan fingerprint density at radius 2 is 2.26 bits per heavy atom. The van der Waals surface area contributed by atoms with Crippen LogP contribution in [0.3, 0.4) is 0 Å². The van der Waals surface area contributed by atoms with Gasteiger partial charge in [0.05, 0.1) is 18.8 Å². The monoisotopic (exact) mass is 271 g/mol. The number of likely N-dealkylation sites (N-methyl/N-ethyl adjacent to an activating group) is 1. The number of morpholine rings is 1. The average Bonchev–Trinajstić information content (AvgIpc) is 2.38. The van der Waals surface area contributed by atoms with Gasteiger partial charge in [-0.15, -0.1) is 0 Å². The number of rotatable bonds is 6. The number of carbonyl (C=O) groups excluding carboxylic acids is 1. The molecule has 2 unspecified atom stereocenters. The lowest BCUT2D eigenvalue weighted by molar-refractivity contribution is -0.127. The van der Waals surface area contributed by atoms with Crippen LogP contribution in [0.4, 0.5) is 0 Å². The zero-order chi connectivity index (χ0) is 14.5. The number of ether oxygens (including phenoxy) is 1. The predicted octanol–water partition coefficient (Wildman–Crippen LogP) is 0.600. The van der Waals surface area contributed by atoms with Crippen molar-refractivity contribution in [2.24, 2.45) is 0 Å². The summed E-state index contributed by atoms with van der Waals surface area (Å²) in [6.07, 6.45) is 1.10. The van der Waals surface area contributed by atoms with Gasteiger partial charge >= 0.3 is 0 Å². The average molecular weight is 271 g/mol. The largest absolute Gasteiger partial charge is 0.374 e. The van der Waals surface area contributed by atoms with E-state index < -0.39 is 0 Å². The Kier molecular flexibility index (Phi) is 6.23. The van der Waals surface area contributed by atoms with Gasteiger partial charge in [0.15, 0.2) is 0 Å². The minimum Gasteiger partial charge on any atom is -0.374 e. The van der Waals surface area contributed by atoms with Crippen molar-refractivity contribution in [1.82, 2.24) is 15.5 Å². The Hall–Kier alpha value is -0.650. The van der Waals surface area contributed by atoms with E-state index in [1.165, 1.54) is 0 Å². The maximum Gasteiger partial charge on any atom is 0.237 e. The summed E-state index contributed by atoms with van der Waals surface area (Å²) in [6, 6.07) is -0.142. The maximum absolute atomic E-state index is 12.2. The third kappa shape index (κ3) is 5.47. The SMILES string of the molecule is CCC(C)(C)NC(=O)C(C)N(C)CC1CNCCO1. The van der Waals surface area contributed by atoms with Crippen LogP contribution < -0.4 is 10.6 Å². The second-order valence-electron chi connectivity index (χ2n) is 6.04. The van der Waals surface area contributed by atoms with Gasteiger partial charge in [-0.05, 0) is 34.2 Å². The van der Waals surface area contributed by atoms with Crippen LogP contribution in [0.2, 0.25) is 0 Å². The van der Waals surface area contributed by atoms with E-state index in [0.29, 0.717) is 0 Å². The second kappa shape index (κ2) is 7.22. The number of hydrogen-bond donors (Lipinski definition) is 2. The first-order chi connectivity index (χ1) is 8.85. The van der Waals surface area contributed by atoms with Crippen LogP contribution in [0.1, 0.15) is 34.1 Å². The highest BCUT2D eigenvalue weighted by atomic mass is 16.5. The number of nitrogens with one attached hydrogen (secondary N) is 2. The summed E-state index contributed by atoms with van der Waals surface area (Å²) in [5, 5.41) is 6.39. The molecule has 19 heavy (non-hydrogen) atoms. The molecule has 112 valence electrons. The lowest BCUT2D eigenvalue weighted by Gasteiger charge is -2.33. The fraction of sp³-hybridized carbons (Fsp3) is 0.929. The van der Waals surface area contributed by atoms with E-state index in [4.69, 9.17) is 4.74 Å². The van der Waals surface area contributed by atoms with Gasteiger partial charge in [0.25, 0.3) is 0 Å². The zero-order valence-corrected chi connectivity index (χ0v) is 13.0. The van der Waals surface area contributed by atoms with Crippen LogP contribution in [-0.4, -0.2) is 61.8 Å². The quantitative estimate of drug-likeness (QED) is 0.743. The van der Waals surface area contributed by atoms with Crippen molar-refractivity contribution in [3.05, 3.63) is 0 Å². The molecule has 1 rings (SSSR count). The molecule has 1 fully saturated rings. The molecular weight excluding hydrogens is 242 g/mol. The molecule has 5 heteroatoms. The lowest BCUT2D eigenvalue weighted by Crippen LogP contribution is -2.53. The van der Waals surface area contributed by atoms with Crippen molar-refractivity contribution in [3.8, 4) is 0 Å². The summed E-state index contributed by atoms with van der Waals surface area (Å²) >= 11 is 0. The molecule has 0 aromatic rings. The molecule has 2 atom stereocenters. The van der Waals surface area contributed by atoms with Crippen molar-refractivity contribution in [1.29, 1.82) is 0 Å². The van der Waals surface area contributed by atoms with Gasteiger partial charge in [0.2, 0.25) is 5.91 Å². The van der Waals surface area contributed by atoms with Crippen LogP contribution in [-0.2, 0) is 9.53 Å². The Labute approximate surface area is 117 Å². The summed E-state index contributed by atoms with van der Waals surface area (Å²) in [5.41, 5.74) is -0.144. The first kappa shape index (κ1) is 16.4. The summed E-state index contributed by atoms with van der Waals surface area (Å²) in [7, 11) is 1.97. The van der Waals surface area contributed by atoms with Crippen molar-refractivity contribution in [2.75, 3.05) is 33.3 Å². The maximum atomic E-state index is 12.2. The molecule has 0 radical (unpaired) electrons. The smallest absolute Gasteiger partial charge is 0.237 e. The Bertz CT molecular complexity index is 288. The molecule has 0 saturated carbocycles.